The summed E-state index contributed by atoms with van der Waals surface area (Å²) in [6.07, 6.45) is 1.66. The number of thiazole rings is 1. The molecular formula is C13H15NO3S. The highest BCUT2D eigenvalue weighted by Crippen LogP contribution is 2.31. The smallest absolute Gasteiger partial charge is 0.124 e. The van der Waals surface area contributed by atoms with E-state index in [9.17, 15) is 5.11 Å². The molecule has 0 radical (unpaired) electrons. The number of nitrogens with zero attached hydrogens (tertiary/aromatic N) is 1. The number of methoxy groups -OCH3 is 2. The number of ether oxygens (including phenoxy) is 2. The van der Waals surface area contributed by atoms with Crippen molar-refractivity contribution in [3.05, 3.63) is 40.3 Å². The fraction of sp³-hybridized carbons (Fsp3) is 0.308. The summed E-state index contributed by atoms with van der Waals surface area (Å²) in [6.45, 7) is 0. The van der Waals surface area contributed by atoms with E-state index in [4.69, 9.17) is 9.47 Å². The predicted octanol–water partition coefficient (Wildman–Crippen LogP) is 2.44. The molecule has 0 saturated carbocycles. The quantitative estimate of drug-likeness (QED) is 0.902. The molecule has 1 unspecified atom stereocenters. The van der Waals surface area contributed by atoms with E-state index in [-0.39, 0.29) is 0 Å². The molecule has 4 nitrogen and oxygen atoms in total. The van der Waals surface area contributed by atoms with Crippen LogP contribution in [0.3, 0.4) is 0 Å². The first kappa shape index (κ1) is 12.9. The lowest BCUT2D eigenvalue weighted by atomic mass is 10.0. The lowest BCUT2D eigenvalue weighted by Crippen LogP contribution is -2.03. The van der Waals surface area contributed by atoms with E-state index in [1.54, 1.807) is 38.1 Å². The lowest BCUT2D eigenvalue weighted by molar-refractivity contribution is 0.174. The van der Waals surface area contributed by atoms with Crippen molar-refractivity contribution in [2.45, 2.75) is 12.5 Å². The summed E-state index contributed by atoms with van der Waals surface area (Å²) < 4.78 is 10.4. The number of benzene rings is 1. The summed E-state index contributed by atoms with van der Waals surface area (Å²) in [5.41, 5.74) is 2.48. The number of aromatic nitrogens is 1. The maximum Gasteiger partial charge on any atom is 0.124 e. The highest BCUT2D eigenvalue weighted by atomic mass is 32.1. The van der Waals surface area contributed by atoms with Gasteiger partial charge in [0, 0.05) is 23.1 Å². The van der Waals surface area contributed by atoms with Crippen molar-refractivity contribution in [1.82, 2.24) is 4.98 Å². The molecule has 0 aliphatic heterocycles. The molecule has 0 aliphatic carbocycles. The Labute approximate surface area is 110 Å². The molecular weight excluding hydrogens is 250 g/mol. The van der Waals surface area contributed by atoms with Gasteiger partial charge in [0.25, 0.3) is 0 Å². The molecule has 18 heavy (non-hydrogen) atoms. The molecule has 1 aromatic heterocycles. The van der Waals surface area contributed by atoms with Crippen molar-refractivity contribution in [3.63, 3.8) is 0 Å². The zero-order chi connectivity index (χ0) is 13.0. The minimum absolute atomic E-state index is 0.522. The van der Waals surface area contributed by atoms with Gasteiger partial charge in [0.1, 0.15) is 11.5 Å². The van der Waals surface area contributed by atoms with Crippen LogP contribution in [0.5, 0.6) is 11.5 Å². The van der Waals surface area contributed by atoms with E-state index in [2.05, 4.69) is 4.98 Å². The number of rotatable bonds is 5. The maximum atomic E-state index is 10.3. The molecule has 0 fully saturated rings. The van der Waals surface area contributed by atoms with Gasteiger partial charge in [-0.1, -0.05) is 0 Å². The Morgan fingerprint density at radius 3 is 2.78 bits per heavy atom. The third kappa shape index (κ3) is 2.80. The molecule has 1 aromatic carbocycles. The number of hydrogen-bond donors (Lipinski definition) is 1. The van der Waals surface area contributed by atoms with Crippen LogP contribution < -0.4 is 9.47 Å². The molecule has 2 rings (SSSR count). The van der Waals surface area contributed by atoms with Crippen molar-refractivity contribution < 1.29 is 14.6 Å². The van der Waals surface area contributed by atoms with Gasteiger partial charge in [-0.3, -0.25) is 4.98 Å². The molecule has 0 amide bonds. The van der Waals surface area contributed by atoms with Gasteiger partial charge in [-0.25, -0.2) is 0 Å². The van der Waals surface area contributed by atoms with Crippen LogP contribution in [0.15, 0.2) is 29.9 Å². The summed E-state index contributed by atoms with van der Waals surface area (Å²) in [4.78, 5) is 5.03. The van der Waals surface area contributed by atoms with Crippen molar-refractivity contribution >= 4 is 11.3 Å². The largest absolute Gasteiger partial charge is 0.497 e. The maximum absolute atomic E-state index is 10.3. The number of hydrogen-bond acceptors (Lipinski definition) is 5. The molecule has 0 saturated heterocycles. The highest BCUT2D eigenvalue weighted by molar-refractivity contribution is 7.09. The highest BCUT2D eigenvalue weighted by Gasteiger charge is 2.15. The van der Waals surface area contributed by atoms with E-state index in [0.29, 0.717) is 17.9 Å². The number of aliphatic hydroxyl groups excluding tert-OH is 1. The molecule has 0 spiro atoms. The van der Waals surface area contributed by atoms with Crippen LogP contribution in [0.1, 0.15) is 16.5 Å². The Hall–Kier alpha value is -1.59. The van der Waals surface area contributed by atoms with E-state index in [1.165, 1.54) is 11.3 Å². The SMILES string of the molecule is COc1ccc(OC)c(C(O)Cc2cncs2)c1. The standard InChI is InChI=1S/C13H15NO3S/c1-16-9-3-4-13(17-2)11(5-9)12(15)6-10-7-14-8-18-10/h3-5,7-8,12,15H,6H2,1-2H3. The fourth-order valence-electron chi connectivity index (χ4n) is 1.74. The topological polar surface area (TPSA) is 51.6 Å². The van der Waals surface area contributed by atoms with Gasteiger partial charge in [-0.2, -0.15) is 0 Å². The Kier molecular flexibility index (Phi) is 4.17. The first-order valence-corrected chi connectivity index (χ1v) is 6.40. The van der Waals surface area contributed by atoms with Gasteiger partial charge >= 0.3 is 0 Å². The van der Waals surface area contributed by atoms with Crippen molar-refractivity contribution in [2.75, 3.05) is 14.2 Å². The summed E-state index contributed by atoms with van der Waals surface area (Å²) in [6, 6.07) is 5.40. The molecule has 0 aliphatic rings. The summed E-state index contributed by atoms with van der Waals surface area (Å²) in [5.74, 6) is 1.36. The lowest BCUT2D eigenvalue weighted by Gasteiger charge is -2.15. The molecule has 1 N–H and O–H groups in total. The van der Waals surface area contributed by atoms with Crippen LogP contribution in [-0.2, 0) is 6.42 Å². The minimum Gasteiger partial charge on any atom is -0.497 e. The summed E-state index contributed by atoms with van der Waals surface area (Å²) >= 11 is 1.53. The zero-order valence-electron chi connectivity index (χ0n) is 10.3. The molecule has 5 heteroatoms. The Morgan fingerprint density at radius 2 is 2.17 bits per heavy atom. The van der Waals surface area contributed by atoms with Gasteiger partial charge in [-0.05, 0) is 18.2 Å². The normalized spacial score (nSPS) is 12.2. The first-order chi connectivity index (χ1) is 8.74. The minimum atomic E-state index is -0.629. The van der Waals surface area contributed by atoms with Crippen LogP contribution in [0, 0.1) is 0 Å². The van der Waals surface area contributed by atoms with Crippen LogP contribution in [-0.4, -0.2) is 24.3 Å². The molecule has 0 bridgehead atoms. The second-order valence-electron chi connectivity index (χ2n) is 3.80. The van der Waals surface area contributed by atoms with Crippen molar-refractivity contribution in [3.8, 4) is 11.5 Å². The Bertz CT molecular complexity index is 499. The molecule has 96 valence electrons. The van der Waals surface area contributed by atoms with Gasteiger partial charge in [-0.15, -0.1) is 11.3 Å². The van der Waals surface area contributed by atoms with Gasteiger partial charge in [0.2, 0.25) is 0 Å². The Balaban J connectivity index is 2.24. The predicted molar refractivity (Wildman–Crippen MR) is 70.3 cm³/mol. The van der Waals surface area contributed by atoms with E-state index in [0.717, 1.165) is 10.4 Å². The molecule has 1 heterocycles. The summed E-state index contributed by atoms with van der Waals surface area (Å²) in [7, 11) is 3.19. The summed E-state index contributed by atoms with van der Waals surface area (Å²) in [5, 5.41) is 10.3. The van der Waals surface area contributed by atoms with Crippen LogP contribution in [0.4, 0.5) is 0 Å². The van der Waals surface area contributed by atoms with E-state index < -0.39 is 6.10 Å². The second kappa shape index (κ2) is 5.84. The fourth-order valence-corrected chi connectivity index (χ4v) is 2.38. The average molecular weight is 265 g/mol. The molecule has 2 aromatic rings. The molecule has 1 atom stereocenters. The Morgan fingerprint density at radius 1 is 1.33 bits per heavy atom. The van der Waals surface area contributed by atoms with Crippen LogP contribution in [0.25, 0.3) is 0 Å². The van der Waals surface area contributed by atoms with Crippen molar-refractivity contribution in [2.24, 2.45) is 0 Å². The first-order valence-electron chi connectivity index (χ1n) is 5.52. The third-order valence-corrected chi connectivity index (χ3v) is 3.48. The monoisotopic (exact) mass is 265 g/mol. The zero-order valence-corrected chi connectivity index (χ0v) is 11.1. The third-order valence-electron chi connectivity index (χ3n) is 2.67. The van der Waals surface area contributed by atoms with Gasteiger partial charge in [0.05, 0.1) is 25.8 Å². The van der Waals surface area contributed by atoms with Crippen molar-refractivity contribution in [1.29, 1.82) is 0 Å². The van der Waals surface area contributed by atoms with Crippen LogP contribution >= 0.6 is 11.3 Å². The van der Waals surface area contributed by atoms with Gasteiger partial charge in [0.15, 0.2) is 0 Å². The van der Waals surface area contributed by atoms with E-state index >= 15 is 0 Å². The second-order valence-corrected chi connectivity index (χ2v) is 4.77. The number of aliphatic hydroxyl groups is 1. The van der Waals surface area contributed by atoms with Gasteiger partial charge < -0.3 is 14.6 Å². The van der Waals surface area contributed by atoms with E-state index in [1.807, 2.05) is 6.07 Å². The van der Waals surface area contributed by atoms with Crippen LogP contribution in [0.2, 0.25) is 0 Å². The average Bonchev–Trinajstić information content (AvgIpc) is 2.90.